The van der Waals surface area contributed by atoms with E-state index in [1.54, 1.807) is 26.5 Å². The molecule has 2 aromatic heterocycles. The lowest BCUT2D eigenvalue weighted by Gasteiger charge is -2.46. The molecule has 196 valence electrons. The number of carbonyl (C=O) groups is 2. The second kappa shape index (κ2) is 9.20. The molecule has 1 aromatic carbocycles. The fraction of sp³-hybridized carbons (Fsp3) is 0.440. The average molecular weight is 535 g/mol. The molecule has 4 heterocycles. The van der Waals surface area contributed by atoms with Gasteiger partial charge in [0, 0.05) is 37.8 Å². The van der Waals surface area contributed by atoms with Crippen molar-refractivity contribution >= 4 is 40.4 Å². The first-order valence-corrected chi connectivity index (χ1v) is 12.4. The first kappa shape index (κ1) is 25.3. The van der Waals surface area contributed by atoms with Crippen molar-refractivity contribution in [1.82, 2.24) is 24.8 Å². The Balaban J connectivity index is 1.45. The van der Waals surface area contributed by atoms with Crippen LogP contribution >= 0.6 is 11.6 Å². The molecule has 0 radical (unpaired) electrons. The summed E-state index contributed by atoms with van der Waals surface area (Å²) in [7, 11) is 0. The minimum absolute atomic E-state index is 0.0282. The lowest BCUT2D eigenvalue weighted by molar-refractivity contribution is -0.135. The summed E-state index contributed by atoms with van der Waals surface area (Å²) < 4.78 is 40.2. The number of carbonyl (C=O) groups excluding carboxylic acids is 2. The van der Waals surface area contributed by atoms with Gasteiger partial charge in [0.05, 0.1) is 12.1 Å². The number of imidazole rings is 1. The Bertz CT molecular complexity index is 1370. The molecule has 12 heteroatoms. The fourth-order valence-corrected chi connectivity index (χ4v) is 5.27. The number of likely N-dealkylation sites (tertiary alicyclic amines) is 1. The Hall–Kier alpha value is -3.34. The number of para-hydroxylation sites is 1. The van der Waals surface area contributed by atoms with Crippen molar-refractivity contribution in [3.8, 4) is 0 Å². The van der Waals surface area contributed by atoms with Crippen LogP contribution in [0.1, 0.15) is 38.1 Å². The fourth-order valence-electron chi connectivity index (χ4n) is 5.13. The monoisotopic (exact) mass is 534 g/mol. The number of pyridine rings is 1. The first-order chi connectivity index (χ1) is 17.5. The summed E-state index contributed by atoms with van der Waals surface area (Å²) in [5, 5.41) is 3.07. The maximum atomic E-state index is 13.8. The zero-order chi connectivity index (χ0) is 26.5. The predicted molar refractivity (Wildman–Crippen MR) is 132 cm³/mol. The van der Waals surface area contributed by atoms with Crippen molar-refractivity contribution in [2.45, 2.75) is 57.4 Å². The van der Waals surface area contributed by atoms with Crippen LogP contribution in [0.3, 0.4) is 0 Å². The number of rotatable bonds is 6. The number of alkyl halides is 3. The number of aromatic nitrogens is 3. The van der Waals surface area contributed by atoms with Crippen LogP contribution < -0.4 is 10.2 Å². The maximum absolute atomic E-state index is 13.8. The van der Waals surface area contributed by atoms with Gasteiger partial charge in [0.15, 0.2) is 5.65 Å². The number of fused-ring (bicyclic) bond motifs is 3. The maximum Gasteiger partial charge on any atom is 0.389 e. The van der Waals surface area contributed by atoms with Gasteiger partial charge in [-0.15, -0.1) is 0 Å². The highest BCUT2D eigenvalue weighted by Crippen LogP contribution is 2.47. The molecule has 3 amide bonds. The summed E-state index contributed by atoms with van der Waals surface area (Å²) in [5.41, 5.74) is 1.53. The van der Waals surface area contributed by atoms with Crippen LogP contribution in [0.25, 0.3) is 11.2 Å². The van der Waals surface area contributed by atoms with Gasteiger partial charge in [-0.3, -0.25) is 4.79 Å². The van der Waals surface area contributed by atoms with Crippen molar-refractivity contribution in [3.05, 3.63) is 52.9 Å². The average Bonchev–Trinajstić information content (AvgIpc) is 3.23. The van der Waals surface area contributed by atoms with Crippen molar-refractivity contribution in [3.63, 3.8) is 0 Å². The highest BCUT2D eigenvalue weighted by atomic mass is 35.5. The van der Waals surface area contributed by atoms with Gasteiger partial charge in [0.1, 0.15) is 16.4 Å². The van der Waals surface area contributed by atoms with Gasteiger partial charge in [0.2, 0.25) is 5.91 Å². The molecule has 0 aliphatic carbocycles. The van der Waals surface area contributed by atoms with Gasteiger partial charge in [-0.25, -0.2) is 14.8 Å². The van der Waals surface area contributed by atoms with Crippen LogP contribution in [0.4, 0.5) is 23.7 Å². The van der Waals surface area contributed by atoms with Gasteiger partial charge in [0.25, 0.3) is 0 Å². The standard InChI is InChI=1S/C25H26ClF3N6O2/c1-15(2)30-23(37)33-13-24(14-33)16-6-3-4-7-17(16)35(22(24)36)12-20-32-21-18(8-9-19(26)31-21)34(20)11-5-10-25(27,28)29/h3-4,6-9,15H,5,10-14H2,1-2H3,(H,30,37). The van der Waals surface area contributed by atoms with Crippen molar-refractivity contribution in [2.24, 2.45) is 0 Å². The van der Waals surface area contributed by atoms with E-state index in [9.17, 15) is 22.8 Å². The summed E-state index contributed by atoms with van der Waals surface area (Å²) in [4.78, 5) is 38.3. The molecule has 2 aliphatic heterocycles. The lowest BCUT2D eigenvalue weighted by atomic mass is 9.75. The Labute approximate surface area is 216 Å². The van der Waals surface area contributed by atoms with Gasteiger partial charge >= 0.3 is 12.2 Å². The van der Waals surface area contributed by atoms with E-state index < -0.39 is 18.0 Å². The smallest absolute Gasteiger partial charge is 0.336 e. The van der Waals surface area contributed by atoms with Crippen molar-refractivity contribution < 1.29 is 22.8 Å². The minimum Gasteiger partial charge on any atom is -0.336 e. The van der Waals surface area contributed by atoms with Crippen molar-refractivity contribution in [2.75, 3.05) is 18.0 Å². The van der Waals surface area contributed by atoms with Crippen LogP contribution in [0.15, 0.2) is 36.4 Å². The van der Waals surface area contributed by atoms with Gasteiger partial charge in [-0.1, -0.05) is 29.8 Å². The second-order valence-electron chi connectivity index (χ2n) is 9.83. The molecule has 0 atom stereocenters. The number of hydrogen-bond acceptors (Lipinski definition) is 4. The summed E-state index contributed by atoms with van der Waals surface area (Å²) in [5.74, 6) is 0.253. The van der Waals surface area contributed by atoms with Crippen LogP contribution in [-0.2, 0) is 23.3 Å². The van der Waals surface area contributed by atoms with E-state index in [4.69, 9.17) is 11.6 Å². The molecule has 8 nitrogen and oxygen atoms in total. The quantitative estimate of drug-likeness (QED) is 0.467. The van der Waals surface area contributed by atoms with E-state index >= 15 is 0 Å². The topological polar surface area (TPSA) is 83.4 Å². The molecule has 0 bridgehead atoms. The van der Waals surface area contributed by atoms with Crippen LogP contribution in [0, 0.1) is 0 Å². The molecule has 0 saturated carbocycles. The van der Waals surface area contributed by atoms with Gasteiger partial charge in [-0.05, 0) is 44.0 Å². The zero-order valence-electron chi connectivity index (χ0n) is 20.3. The molecule has 5 rings (SSSR count). The summed E-state index contributed by atoms with van der Waals surface area (Å²) in [6.45, 7) is 4.35. The number of urea groups is 1. The minimum atomic E-state index is -4.27. The molecule has 1 spiro atoms. The summed E-state index contributed by atoms with van der Waals surface area (Å²) >= 11 is 6.03. The Morgan fingerprint density at radius 2 is 1.89 bits per heavy atom. The third-order valence-electron chi connectivity index (χ3n) is 6.79. The van der Waals surface area contributed by atoms with Gasteiger partial charge < -0.3 is 19.7 Å². The van der Waals surface area contributed by atoms with Crippen LogP contribution in [0.5, 0.6) is 0 Å². The SMILES string of the molecule is CC(C)NC(=O)N1CC2(C1)C(=O)N(Cc1nc3nc(Cl)ccc3n1CCCC(F)(F)F)c1ccccc12. The van der Waals surface area contributed by atoms with E-state index in [1.807, 2.05) is 38.1 Å². The van der Waals surface area contributed by atoms with Crippen LogP contribution in [-0.4, -0.2) is 56.7 Å². The highest BCUT2D eigenvalue weighted by molar-refractivity contribution is 6.29. The van der Waals surface area contributed by atoms with Crippen molar-refractivity contribution in [1.29, 1.82) is 0 Å². The number of nitrogens with one attached hydrogen (secondary N) is 1. The molecular formula is C25H26ClF3N6O2. The summed E-state index contributed by atoms with van der Waals surface area (Å²) in [6, 6.07) is 10.4. The number of aryl methyl sites for hydroxylation is 1. The molecular weight excluding hydrogens is 509 g/mol. The highest BCUT2D eigenvalue weighted by Gasteiger charge is 2.59. The number of halogens is 4. The van der Waals surface area contributed by atoms with E-state index in [0.717, 1.165) is 5.56 Å². The predicted octanol–water partition coefficient (Wildman–Crippen LogP) is 4.65. The third-order valence-corrected chi connectivity index (χ3v) is 7.00. The number of amides is 3. The molecule has 1 N–H and O–H groups in total. The molecule has 2 aliphatic rings. The summed E-state index contributed by atoms with van der Waals surface area (Å²) in [6.07, 6.45) is -5.35. The van der Waals surface area contributed by atoms with E-state index in [2.05, 4.69) is 15.3 Å². The third kappa shape index (κ3) is 4.60. The molecule has 3 aromatic rings. The Morgan fingerprint density at radius 1 is 1.16 bits per heavy atom. The molecule has 1 saturated heterocycles. The second-order valence-corrected chi connectivity index (χ2v) is 10.2. The molecule has 37 heavy (non-hydrogen) atoms. The van der Waals surface area contributed by atoms with Crippen LogP contribution in [0.2, 0.25) is 5.15 Å². The van der Waals surface area contributed by atoms with E-state index in [1.165, 1.54) is 0 Å². The molecule has 1 fully saturated rings. The Morgan fingerprint density at radius 3 is 2.59 bits per heavy atom. The number of nitrogens with zero attached hydrogens (tertiary/aromatic N) is 5. The number of hydrogen-bond donors (Lipinski definition) is 1. The first-order valence-electron chi connectivity index (χ1n) is 12.0. The number of benzene rings is 1. The normalized spacial score (nSPS) is 16.6. The van der Waals surface area contributed by atoms with E-state index in [-0.39, 0.29) is 55.7 Å². The Kier molecular flexibility index (Phi) is 6.29. The largest absolute Gasteiger partial charge is 0.389 e. The lowest BCUT2D eigenvalue weighted by Crippen LogP contribution is -2.67. The number of anilines is 1. The van der Waals surface area contributed by atoms with Gasteiger partial charge in [-0.2, -0.15) is 13.2 Å². The zero-order valence-corrected chi connectivity index (χ0v) is 21.1. The molecule has 0 unspecified atom stereocenters. The van der Waals surface area contributed by atoms with E-state index in [0.29, 0.717) is 22.7 Å².